The minimum atomic E-state index is -4.00. The predicted octanol–water partition coefficient (Wildman–Crippen LogP) is 3.29. The molecule has 8 unspecified atom stereocenters. The van der Waals surface area contributed by atoms with Gasteiger partial charge in [0.25, 0.3) is 29.5 Å². The van der Waals surface area contributed by atoms with E-state index in [1.165, 1.54) is 56.6 Å². The lowest BCUT2D eigenvalue weighted by Crippen LogP contribution is -2.49. The zero-order valence-electron chi connectivity index (χ0n) is 81.0. The maximum atomic E-state index is 12.2. The average Bonchev–Trinajstić information content (AvgIpc) is 1.61. The van der Waals surface area contributed by atoms with Gasteiger partial charge >= 0.3 is 20.9 Å². The van der Waals surface area contributed by atoms with Crippen molar-refractivity contribution in [3.63, 3.8) is 0 Å². The van der Waals surface area contributed by atoms with Gasteiger partial charge in [0.1, 0.15) is 102 Å². The van der Waals surface area contributed by atoms with Crippen LogP contribution in [0.25, 0.3) is 4.85 Å². The number of nitrogens with zero attached hydrogens (tertiary/aromatic N) is 6. The number of nitrogens with one attached hydrogen (secondary N) is 5. The van der Waals surface area contributed by atoms with Gasteiger partial charge < -0.3 is 173 Å². The number of carbonyl (C=O) groups excluding carboxylic acids is 5. The maximum absolute atomic E-state index is 12.2. The smallest absolute Gasteiger partial charge is 0.391 e. The highest BCUT2D eigenvalue weighted by atomic mass is 31.2. The second kappa shape index (κ2) is 51.0. The lowest BCUT2D eigenvalue weighted by Gasteiger charge is -2.35. The molecule has 0 bridgehead atoms. The van der Waals surface area contributed by atoms with Crippen LogP contribution >= 0.6 is 15.2 Å². The third-order valence-electron chi connectivity index (χ3n) is 20.9. The monoisotopic (exact) mass is 1960 g/mol. The van der Waals surface area contributed by atoms with Gasteiger partial charge in [-0.25, -0.2) is 6.57 Å². The van der Waals surface area contributed by atoms with Crippen LogP contribution in [0.15, 0.2) is 133 Å². The maximum Gasteiger partial charge on any atom is 0.391 e. The molecular weight excluding hydrogens is 1810 g/mol. The summed E-state index contributed by atoms with van der Waals surface area (Å²) in [4.78, 5) is 89.5. The fourth-order valence-electron chi connectivity index (χ4n) is 15.2. The van der Waals surface area contributed by atoms with Crippen LogP contribution in [-0.4, -0.2) is 345 Å². The van der Waals surface area contributed by atoms with Crippen molar-refractivity contribution in [2.24, 2.45) is 0 Å². The minimum Gasteiger partial charge on any atom is -0.391 e. The summed E-state index contributed by atoms with van der Waals surface area (Å²) in [5.74, 6) is -0.0484. The lowest BCUT2D eigenvalue weighted by atomic mass is 9.97. The van der Waals surface area contributed by atoms with E-state index in [2.05, 4.69) is 64.3 Å². The van der Waals surface area contributed by atoms with Gasteiger partial charge in [0.15, 0.2) is 43.9 Å². The number of hydrogen-bond donors (Lipinski definition) is 16. The number of ether oxygens (including phenoxy) is 13. The van der Waals surface area contributed by atoms with E-state index in [9.17, 15) is 88.8 Å². The summed E-state index contributed by atoms with van der Waals surface area (Å²) in [5.41, 5.74) is -2.07. The molecule has 10 heterocycles. The van der Waals surface area contributed by atoms with E-state index in [0.717, 1.165) is 5.82 Å². The zero-order chi connectivity index (χ0) is 102. The van der Waals surface area contributed by atoms with Gasteiger partial charge in [0.05, 0.1) is 135 Å². The Morgan fingerprint density at radius 3 is 1.25 bits per heavy atom. The summed E-state index contributed by atoms with van der Waals surface area (Å²) in [7, 11) is -7.82. The third-order valence-corrected chi connectivity index (χ3v) is 23.8. The zero-order valence-corrected chi connectivity index (χ0v) is 82.8. The molecule has 0 spiro atoms. The number of aliphatic hydroxyl groups excluding tert-OH is 9. The minimum absolute atomic E-state index is 0.00329. The molecule has 135 heavy (non-hydrogen) atoms. The molecule has 46 heteroatoms. The number of carbonyl (C=O) groups is 5. The fraction of sp³-hybridized carbons (Fsp3) is 0.685. The second-order valence-corrected chi connectivity index (χ2v) is 39.6. The van der Waals surface area contributed by atoms with Crippen LogP contribution < -0.4 is 26.6 Å². The summed E-state index contributed by atoms with van der Waals surface area (Å²) < 4.78 is 111. The van der Waals surface area contributed by atoms with Crippen LogP contribution in [0.4, 0.5) is 0 Å². The van der Waals surface area contributed by atoms with Crippen molar-refractivity contribution in [1.82, 2.24) is 51.1 Å². The lowest BCUT2D eigenvalue weighted by molar-refractivity contribution is -0.160. The van der Waals surface area contributed by atoms with Gasteiger partial charge in [-0.2, -0.15) is 0 Å². The topological polar surface area (TPSA) is 561 Å². The van der Waals surface area contributed by atoms with Crippen molar-refractivity contribution in [3.8, 4) is 0 Å². The summed E-state index contributed by atoms with van der Waals surface area (Å²) in [6.07, 6.45) is -8.26. The number of hydrogen-bond acceptors (Lipinski definition) is 36. The van der Waals surface area contributed by atoms with Gasteiger partial charge in [-0.15, -0.1) is 0 Å². The molecule has 5 fully saturated rings. The van der Waals surface area contributed by atoms with Gasteiger partial charge in [-0.3, -0.25) is 42.7 Å². The third kappa shape index (κ3) is 31.7. The predicted molar refractivity (Wildman–Crippen MR) is 488 cm³/mol. The Labute approximate surface area is 790 Å². The van der Waals surface area contributed by atoms with Crippen molar-refractivity contribution in [2.45, 2.75) is 348 Å². The molecule has 764 valence electrons. The molecule has 0 radical (unpaired) electrons. The SMILES string of the molecule is C=C1NC(=O)C(CO)=CN1[C@@H]1O[C@H](/C=C/P(=O)(O)OC(C)C)C(OC(C)C)[C@@H]1O.C=C1NC(=O)C(CO)=CN1[C@@H]1O[C@H](CCP(=O)(O)OC(C)C)C(OC(C)C)[C@@H]1O.C=C1NC(=O)C(CO)=CN1[C@@H]1O[C@](C)(COC(C)C)C(OC(C)C)[C@@H]1O.C=C1NC(=O)C=CN1[C@@H]1O[C@H](C(C)OC(C)C)C(OC(C)C)[C@@H]1O.[C-]#[N+][C@]1(COC(C)C)O[C@@H](N2C=C(CO)C(=O)NC2=C)[C@@H](O)C1OC(C)C. The quantitative estimate of drug-likeness (QED) is 0.0313. The van der Waals surface area contributed by atoms with Gasteiger partial charge in [0.2, 0.25) is 0 Å². The molecule has 10 aliphatic rings. The van der Waals surface area contributed by atoms with Gasteiger partial charge in [-0.1, -0.05) is 32.9 Å². The van der Waals surface area contributed by atoms with E-state index >= 15 is 0 Å². The molecule has 0 saturated carbocycles. The Kier molecular flexibility index (Phi) is 43.9. The summed E-state index contributed by atoms with van der Waals surface area (Å²) in [5, 5.41) is 104. The highest BCUT2D eigenvalue weighted by Gasteiger charge is 2.65. The summed E-state index contributed by atoms with van der Waals surface area (Å²) in [6.45, 7) is 64.8. The van der Waals surface area contributed by atoms with E-state index in [4.69, 9.17) is 77.2 Å². The summed E-state index contributed by atoms with van der Waals surface area (Å²) in [6, 6.07) is 0. The number of rotatable bonds is 37. The molecule has 10 aliphatic heterocycles. The molecule has 0 aromatic heterocycles. The molecule has 5 amide bonds. The highest BCUT2D eigenvalue weighted by molar-refractivity contribution is 7.56. The Balaban J connectivity index is 0.000000260. The molecule has 0 aromatic carbocycles. The molecule has 16 N–H and O–H groups in total. The van der Waals surface area contributed by atoms with E-state index in [-0.39, 0.29) is 132 Å². The Morgan fingerprint density at radius 2 is 0.837 bits per heavy atom. The first-order chi connectivity index (χ1) is 62.8. The van der Waals surface area contributed by atoms with Crippen LogP contribution in [0.3, 0.4) is 0 Å². The van der Waals surface area contributed by atoms with E-state index in [1.807, 2.05) is 83.1 Å². The van der Waals surface area contributed by atoms with Crippen molar-refractivity contribution in [3.05, 3.63) is 145 Å². The van der Waals surface area contributed by atoms with Gasteiger partial charge in [0, 0.05) is 42.9 Å². The second-order valence-electron chi connectivity index (χ2n) is 36.1. The first-order valence-corrected chi connectivity index (χ1v) is 48.1. The molecule has 0 aromatic rings. The van der Waals surface area contributed by atoms with Gasteiger partial charge in [-0.05, 0) is 165 Å². The molecule has 5 saturated heterocycles. The molecule has 0 aliphatic carbocycles. The van der Waals surface area contributed by atoms with Crippen LogP contribution in [0.2, 0.25) is 0 Å². The van der Waals surface area contributed by atoms with Crippen molar-refractivity contribution in [2.75, 3.05) is 45.8 Å². The molecule has 10 rings (SSSR count). The van der Waals surface area contributed by atoms with E-state index in [1.54, 1.807) is 80.3 Å². The van der Waals surface area contributed by atoms with Crippen LogP contribution in [-0.2, 0) is 104 Å². The Bertz CT molecular complexity index is 4420. The van der Waals surface area contributed by atoms with Crippen molar-refractivity contribution in [1.29, 1.82) is 0 Å². The standard InChI is InChI=1S/C18H27N3O6.C18H31N2O8P.C18H29N2O8P.C18H30N2O6.C17H28N2O5/c1-10(2)25-9-18(19-6)15(26-11(3)4)14(23)17(27-18)21-7-13(8-22)16(24)20-12(21)5;2*1-10(2)26-16-14(6-7-29(24,25)28-11(3)4)27-18(15(16)22)20-8-13(9-21)17(23)19-12(20)5;1-10(2)24-9-18(6)15(25-11(3)4)14(22)17(26-18)20-7-13(8-21)16(23)19-12(20)5;1-9(2)22-11(5)15-16(23-10(3)4)14(21)17(24-15)19-8-7-13(20)18-12(19)6/h7,10-11,14-15,17,22-23H,5,8-9H2,1-4H3,(H,20,24);8,10-11,14-16,18,21-22H,5-7,9H2,1-4H3,(H,19,23)(H,24,25);6-8,10-11,14-16,18,21-22H,5,9H2,1-4H3,(H,19,23)(H,24,25);7,10-11,14-15,17,21-22H,5,8-9H2,1-4,6H3,(H,19,23);7-11,14-17,21H,6H2,1-5H3,(H,18,20)/b;;7-6+;;/t14-,15?,17+,18+;2*14-,15+,16?,18-;14-,15?,17+,18+;11?,14-,15+,16?,17+/m01100/s1. The molecule has 44 nitrogen and oxygen atoms in total. The normalized spacial score (nSPS) is 31.1. The largest absolute Gasteiger partial charge is 0.391 e. The fourth-order valence-corrected chi connectivity index (χ4v) is 17.6. The Morgan fingerprint density at radius 1 is 0.459 bits per heavy atom. The van der Waals surface area contributed by atoms with Crippen LogP contribution in [0.1, 0.15) is 159 Å². The highest BCUT2D eigenvalue weighted by Crippen LogP contribution is 2.48. The van der Waals surface area contributed by atoms with E-state index in [0.29, 0.717) is 5.82 Å². The van der Waals surface area contributed by atoms with Crippen LogP contribution in [0, 0.1) is 6.57 Å². The number of aliphatic hydroxyl groups is 9. The van der Waals surface area contributed by atoms with Crippen molar-refractivity contribution < 1.29 is 159 Å². The first-order valence-electron chi connectivity index (χ1n) is 44.7. The first kappa shape index (κ1) is 116. The van der Waals surface area contributed by atoms with Crippen LogP contribution in [0.5, 0.6) is 0 Å². The number of amides is 5. The molecular formula is C89H145N11O33P2. The van der Waals surface area contributed by atoms with Crippen molar-refractivity contribution >= 4 is 44.7 Å². The van der Waals surface area contributed by atoms with E-state index < -0.39 is 199 Å². The average molecular weight is 1960 g/mol. The summed E-state index contributed by atoms with van der Waals surface area (Å²) >= 11 is 0. The molecule has 23 atom stereocenters. The Hall–Kier alpha value is -7.60.